The van der Waals surface area contributed by atoms with Crippen LogP contribution >= 0.6 is 0 Å². The topological polar surface area (TPSA) is 88.8 Å². The Labute approximate surface area is 179 Å². The molecule has 0 spiro atoms. The zero-order chi connectivity index (χ0) is 21.8. The second-order valence-electron chi connectivity index (χ2n) is 7.25. The van der Waals surface area contributed by atoms with E-state index in [2.05, 4.69) is 5.32 Å². The van der Waals surface area contributed by atoms with Gasteiger partial charge in [-0.1, -0.05) is 48.0 Å². The number of ether oxygens (including phenoxy) is 1. The number of furan rings is 1. The molecule has 1 amide bonds. The van der Waals surface area contributed by atoms with E-state index in [1.165, 1.54) is 18.4 Å². The second-order valence-corrected chi connectivity index (χ2v) is 7.25. The van der Waals surface area contributed by atoms with Crippen LogP contribution < -0.4 is 5.32 Å². The highest BCUT2D eigenvalue weighted by Gasteiger charge is 2.26. The minimum absolute atomic E-state index is 0.0705. The largest absolute Gasteiger partial charge is 0.508 e. The molecule has 4 rings (SSSR count). The Bertz CT molecular complexity index is 1210. The molecule has 0 bridgehead atoms. The average molecular weight is 415 g/mol. The van der Waals surface area contributed by atoms with Crippen molar-refractivity contribution in [3.05, 3.63) is 95.7 Å². The van der Waals surface area contributed by atoms with E-state index < -0.39 is 18.0 Å². The molecule has 0 fully saturated rings. The van der Waals surface area contributed by atoms with Crippen molar-refractivity contribution < 1.29 is 23.8 Å². The Morgan fingerprint density at radius 1 is 1.03 bits per heavy atom. The summed E-state index contributed by atoms with van der Waals surface area (Å²) in [6.07, 6.45) is 0.283. The Morgan fingerprint density at radius 2 is 1.77 bits per heavy atom. The maximum absolute atomic E-state index is 13.0. The van der Waals surface area contributed by atoms with Gasteiger partial charge < -0.3 is 19.6 Å². The van der Waals surface area contributed by atoms with Gasteiger partial charge in [0, 0.05) is 28.3 Å². The highest BCUT2D eigenvalue weighted by Crippen LogP contribution is 2.27. The maximum atomic E-state index is 13.0. The van der Waals surface area contributed by atoms with E-state index in [1.54, 1.807) is 42.5 Å². The number of fused-ring (bicyclic) bond motifs is 1. The van der Waals surface area contributed by atoms with E-state index in [0.717, 1.165) is 5.56 Å². The van der Waals surface area contributed by atoms with Gasteiger partial charge >= 0.3 is 5.97 Å². The van der Waals surface area contributed by atoms with Gasteiger partial charge in [0.2, 0.25) is 6.10 Å². The van der Waals surface area contributed by atoms with Crippen LogP contribution in [0.5, 0.6) is 5.75 Å². The molecule has 3 aromatic carbocycles. The lowest BCUT2D eigenvalue weighted by Crippen LogP contribution is -2.26. The SMILES string of the molecule is Cc1ccc(NC(=O)[C@@H](OC(=O)Cc2coc3cc(O)ccc23)c2ccccc2)cc1. The normalized spacial score (nSPS) is 11.8. The Morgan fingerprint density at radius 3 is 2.52 bits per heavy atom. The number of aryl methyl sites for hydroxylation is 1. The summed E-state index contributed by atoms with van der Waals surface area (Å²) >= 11 is 0. The van der Waals surface area contributed by atoms with Crippen molar-refractivity contribution in [2.24, 2.45) is 0 Å². The summed E-state index contributed by atoms with van der Waals surface area (Å²) in [5, 5.41) is 13.1. The molecule has 6 heteroatoms. The van der Waals surface area contributed by atoms with Gasteiger partial charge in [0.1, 0.15) is 11.3 Å². The van der Waals surface area contributed by atoms with E-state index >= 15 is 0 Å². The van der Waals surface area contributed by atoms with E-state index in [-0.39, 0.29) is 12.2 Å². The lowest BCUT2D eigenvalue weighted by atomic mass is 10.1. The highest BCUT2D eigenvalue weighted by atomic mass is 16.5. The lowest BCUT2D eigenvalue weighted by Gasteiger charge is -2.18. The van der Waals surface area contributed by atoms with Crippen molar-refractivity contribution in [2.45, 2.75) is 19.4 Å². The van der Waals surface area contributed by atoms with Crippen molar-refractivity contribution in [1.82, 2.24) is 0 Å². The van der Waals surface area contributed by atoms with Crippen LogP contribution in [0.2, 0.25) is 0 Å². The molecular weight excluding hydrogens is 394 g/mol. The molecule has 31 heavy (non-hydrogen) atoms. The van der Waals surface area contributed by atoms with Crippen LogP contribution in [-0.4, -0.2) is 17.0 Å². The Kier molecular flexibility index (Phi) is 5.71. The molecule has 0 aliphatic heterocycles. The molecule has 1 aromatic heterocycles. The lowest BCUT2D eigenvalue weighted by molar-refractivity contribution is -0.154. The summed E-state index contributed by atoms with van der Waals surface area (Å²) in [4.78, 5) is 25.7. The van der Waals surface area contributed by atoms with E-state index in [0.29, 0.717) is 27.8 Å². The quantitative estimate of drug-likeness (QED) is 0.437. The van der Waals surface area contributed by atoms with Crippen LogP contribution in [0.15, 0.2) is 83.5 Å². The van der Waals surface area contributed by atoms with E-state index in [1.807, 2.05) is 25.1 Å². The van der Waals surface area contributed by atoms with Crippen molar-refractivity contribution >= 4 is 28.5 Å². The van der Waals surface area contributed by atoms with Gasteiger partial charge in [-0.2, -0.15) is 0 Å². The van der Waals surface area contributed by atoms with Crippen molar-refractivity contribution in [3.63, 3.8) is 0 Å². The van der Waals surface area contributed by atoms with Crippen molar-refractivity contribution in [3.8, 4) is 5.75 Å². The molecule has 156 valence electrons. The van der Waals surface area contributed by atoms with Crippen LogP contribution in [0.4, 0.5) is 5.69 Å². The summed E-state index contributed by atoms with van der Waals surface area (Å²) in [5.74, 6) is -0.929. The summed E-state index contributed by atoms with van der Waals surface area (Å²) < 4.78 is 11.0. The standard InChI is InChI=1S/C25H21NO5/c1-16-7-9-19(10-8-16)26-25(29)24(17-5-3-2-4-6-17)31-23(28)13-18-15-30-22-14-20(27)11-12-21(18)22/h2-12,14-15,24,27H,13H2,1H3,(H,26,29)/t24-/m0/s1. The molecule has 6 nitrogen and oxygen atoms in total. The molecule has 4 aromatic rings. The first-order valence-electron chi connectivity index (χ1n) is 9.80. The number of nitrogens with one attached hydrogen (secondary N) is 1. The average Bonchev–Trinajstić information content (AvgIpc) is 3.15. The fraction of sp³-hybridized carbons (Fsp3) is 0.120. The molecule has 0 radical (unpaired) electrons. The van der Waals surface area contributed by atoms with E-state index in [9.17, 15) is 14.7 Å². The minimum atomic E-state index is -1.10. The first-order chi connectivity index (χ1) is 15.0. The zero-order valence-electron chi connectivity index (χ0n) is 16.9. The fourth-order valence-corrected chi connectivity index (χ4v) is 3.28. The molecule has 2 N–H and O–H groups in total. The van der Waals surface area contributed by atoms with Crippen LogP contribution in [0.1, 0.15) is 22.8 Å². The van der Waals surface area contributed by atoms with Gasteiger partial charge in [-0.25, -0.2) is 0 Å². The van der Waals surface area contributed by atoms with Crippen molar-refractivity contribution in [2.75, 3.05) is 5.32 Å². The first kappa shape index (κ1) is 20.2. The summed E-state index contributed by atoms with van der Waals surface area (Å²) in [7, 11) is 0. The van der Waals surface area contributed by atoms with Crippen LogP contribution in [0, 0.1) is 6.92 Å². The third-order valence-corrected chi connectivity index (χ3v) is 4.88. The number of benzene rings is 3. The van der Waals surface area contributed by atoms with Gasteiger partial charge in [0.25, 0.3) is 5.91 Å². The summed E-state index contributed by atoms with van der Waals surface area (Å²) in [6, 6.07) is 20.9. The smallest absolute Gasteiger partial charge is 0.311 e. The predicted molar refractivity (Wildman–Crippen MR) is 117 cm³/mol. The number of carbonyl (C=O) groups excluding carboxylic acids is 2. The van der Waals surface area contributed by atoms with Gasteiger partial charge in [-0.15, -0.1) is 0 Å². The molecule has 0 aliphatic carbocycles. The maximum Gasteiger partial charge on any atom is 0.311 e. The summed E-state index contributed by atoms with van der Waals surface area (Å²) in [5.41, 5.74) is 3.35. The molecule has 1 heterocycles. The molecule has 0 saturated carbocycles. The molecule has 0 unspecified atom stereocenters. The van der Waals surface area contributed by atoms with Gasteiger partial charge in [-0.05, 0) is 31.2 Å². The number of rotatable bonds is 6. The van der Waals surface area contributed by atoms with Crippen LogP contribution in [0.25, 0.3) is 11.0 Å². The highest BCUT2D eigenvalue weighted by molar-refractivity contribution is 5.96. The van der Waals surface area contributed by atoms with Gasteiger partial charge in [0.05, 0.1) is 12.7 Å². The third-order valence-electron chi connectivity index (χ3n) is 4.88. The van der Waals surface area contributed by atoms with Crippen LogP contribution in [0.3, 0.4) is 0 Å². The zero-order valence-corrected chi connectivity index (χ0v) is 16.9. The number of hydrogen-bond donors (Lipinski definition) is 2. The second kappa shape index (κ2) is 8.75. The minimum Gasteiger partial charge on any atom is -0.508 e. The molecule has 1 atom stereocenters. The van der Waals surface area contributed by atoms with E-state index in [4.69, 9.17) is 9.15 Å². The molecule has 0 aliphatic rings. The van der Waals surface area contributed by atoms with Crippen molar-refractivity contribution in [1.29, 1.82) is 0 Å². The number of esters is 1. The number of phenolic OH excluding ortho intramolecular Hbond substituents is 1. The third kappa shape index (κ3) is 4.75. The molecular formula is C25H21NO5. The Balaban J connectivity index is 1.53. The number of carbonyl (C=O) groups is 2. The first-order valence-corrected chi connectivity index (χ1v) is 9.80. The number of aromatic hydroxyl groups is 1. The van der Waals surface area contributed by atoms with Crippen LogP contribution in [-0.2, 0) is 20.7 Å². The number of amides is 1. The Hall–Kier alpha value is -4.06. The van der Waals surface area contributed by atoms with Gasteiger partial charge in [0.15, 0.2) is 0 Å². The van der Waals surface area contributed by atoms with Gasteiger partial charge in [-0.3, -0.25) is 9.59 Å². The molecule has 0 saturated heterocycles. The monoisotopic (exact) mass is 415 g/mol. The summed E-state index contributed by atoms with van der Waals surface area (Å²) in [6.45, 7) is 1.96. The number of anilines is 1. The predicted octanol–water partition coefficient (Wildman–Crippen LogP) is 4.91. The number of phenols is 1. The number of hydrogen-bond acceptors (Lipinski definition) is 5. The fourth-order valence-electron chi connectivity index (χ4n) is 3.28.